The predicted molar refractivity (Wildman–Crippen MR) is 93.5 cm³/mol. The zero-order chi connectivity index (χ0) is 16.7. The van der Waals surface area contributed by atoms with E-state index in [1.165, 1.54) is 0 Å². The normalized spacial score (nSPS) is 15.9. The number of ether oxygens (including phenoxy) is 1. The fraction of sp³-hybridized carbons (Fsp3) is 0.222. The van der Waals surface area contributed by atoms with E-state index in [0.29, 0.717) is 24.1 Å². The van der Waals surface area contributed by atoms with Crippen LogP contribution < -0.4 is 9.64 Å². The molecule has 0 atom stereocenters. The van der Waals surface area contributed by atoms with Gasteiger partial charge in [-0.25, -0.2) is 0 Å². The Morgan fingerprint density at radius 1 is 1.17 bits per heavy atom. The van der Waals surface area contributed by atoms with Gasteiger partial charge in [0.15, 0.2) is 0 Å². The van der Waals surface area contributed by atoms with Gasteiger partial charge in [0.25, 0.3) is 5.91 Å². The van der Waals surface area contributed by atoms with Gasteiger partial charge in [0.2, 0.25) is 5.96 Å². The van der Waals surface area contributed by atoms with Crippen molar-refractivity contribution >= 4 is 29.2 Å². The first kappa shape index (κ1) is 15.0. The lowest BCUT2D eigenvalue weighted by Crippen LogP contribution is -2.45. The minimum absolute atomic E-state index is 0.127. The molecule has 2 aromatic carbocycles. The summed E-state index contributed by atoms with van der Waals surface area (Å²) in [5.41, 5.74) is 3.25. The summed E-state index contributed by atoms with van der Waals surface area (Å²) in [6.45, 7) is 1.64. The third-order valence-corrected chi connectivity index (χ3v) is 4.51. The highest BCUT2D eigenvalue weighted by atomic mass is 35.5. The lowest BCUT2D eigenvalue weighted by atomic mass is 10.1. The van der Waals surface area contributed by atoms with Gasteiger partial charge in [0.05, 0.1) is 12.8 Å². The third-order valence-electron chi connectivity index (χ3n) is 4.27. The molecule has 0 unspecified atom stereocenters. The van der Waals surface area contributed by atoms with Crippen molar-refractivity contribution in [2.45, 2.75) is 13.1 Å². The van der Waals surface area contributed by atoms with Gasteiger partial charge in [0, 0.05) is 18.1 Å². The van der Waals surface area contributed by atoms with E-state index < -0.39 is 0 Å². The maximum atomic E-state index is 11.9. The SMILES string of the molecule is COc1ccc(CN2Cc3ccc(Cl)cc3N3CC(=O)N=C23)cc1. The number of amides is 1. The largest absolute Gasteiger partial charge is 0.497 e. The summed E-state index contributed by atoms with van der Waals surface area (Å²) in [6, 6.07) is 13.7. The van der Waals surface area contributed by atoms with E-state index in [2.05, 4.69) is 9.89 Å². The summed E-state index contributed by atoms with van der Waals surface area (Å²) in [4.78, 5) is 20.1. The van der Waals surface area contributed by atoms with Crippen LogP contribution in [0.15, 0.2) is 47.5 Å². The number of fused-ring (bicyclic) bond motifs is 3. The summed E-state index contributed by atoms with van der Waals surface area (Å²) >= 11 is 6.12. The van der Waals surface area contributed by atoms with Gasteiger partial charge in [-0.2, -0.15) is 4.99 Å². The predicted octanol–water partition coefficient (Wildman–Crippen LogP) is 3.07. The highest BCUT2D eigenvalue weighted by Crippen LogP contribution is 2.33. The molecule has 4 rings (SSSR count). The molecule has 0 N–H and O–H groups in total. The van der Waals surface area contributed by atoms with Crippen LogP contribution in [0.5, 0.6) is 5.75 Å². The first-order chi connectivity index (χ1) is 11.6. The number of rotatable bonds is 3. The molecule has 24 heavy (non-hydrogen) atoms. The minimum atomic E-state index is -0.127. The van der Waals surface area contributed by atoms with Gasteiger partial charge < -0.3 is 14.5 Å². The number of aliphatic imine (C=N–C) groups is 1. The van der Waals surface area contributed by atoms with Crippen LogP contribution in [0.1, 0.15) is 11.1 Å². The summed E-state index contributed by atoms with van der Waals surface area (Å²) in [6.07, 6.45) is 0. The molecule has 0 saturated heterocycles. The van der Waals surface area contributed by atoms with Crippen LogP contribution in [0.3, 0.4) is 0 Å². The Morgan fingerprint density at radius 2 is 1.96 bits per heavy atom. The second-order valence-electron chi connectivity index (χ2n) is 5.87. The molecule has 1 amide bonds. The zero-order valence-electron chi connectivity index (χ0n) is 13.2. The van der Waals surface area contributed by atoms with Crippen LogP contribution in [-0.4, -0.2) is 30.4 Å². The summed E-state index contributed by atoms with van der Waals surface area (Å²) in [5.74, 6) is 1.40. The Kier molecular flexibility index (Phi) is 3.65. The summed E-state index contributed by atoms with van der Waals surface area (Å²) in [7, 11) is 1.65. The summed E-state index contributed by atoms with van der Waals surface area (Å²) in [5, 5.41) is 0.663. The molecular formula is C18H16ClN3O2. The van der Waals surface area contributed by atoms with Crippen molar-refractivity contribution < 1.29 is 9.53 Å². The smallest absolute Gasteiger partial charge is 0.268 e. The van der Waals surface area contributed by atoms with Crippen molar-refractivity contribution in [2.75, 3.05) is 18.6 Å². The number of nitrogens with zero attached hydrogens (tertiary/aromatic N) is 3. The van der Waals surface area contributed by atoms with E-state index in [1.807, 2.05) is 47.4 Å². The van der Waals surface area contributed by atoms with Crippen LogP contribution in [0.25, 0.3) is 0 Å². The molecule has 0 fully saturated rings. The highest BCUT2D eigenvalue weighted by molar-refractivity contribution is 6.31. The number of carbonyl (C=O) groups excluding carboxylic acids is 1. The molecule has 0 saturated carbocycles. The molecular weight excluding hydrogens is 326 g/mol. The van der Waals surface area contributed by atoms with Crippen molar-refractivity contribution in [1.29, 1.82) is 0 Å². The maximum absolute atomic E-state index is 11.9. The molecule has 0 radical (unpaired) electrons. The van der Waals surface area contributed by atoms with Crippen molar-refractivity contribution in [3.05, 3.63) is 58.6 Å². The molecule has 2 aromatic rings. The highest BCUT2D eigenvalue weighted by Gasteiger charge is 2.34. The first-order valence-electron chi connectivity index (χ1n) is 7.69. The van der Waals surface area contributed by atoms with Gasteiger partial charge in [0.1, 0.15) is 12.3 Å². The van der Waals surface area contributed by atoms with Crippen LogP contribution in [0.2, 0.25) is 5.02 Å². The Balaban J connectivity index is 1.66. The fourth-order valence-electron chi connectivity index (χ4n) is 3.12. The molecule has 0 aliphatic carbocycles. The van der Waals surface area contributed by atoms with E-state index in [-0.39, 0.29) is 12.5 Å². The zero-order valence-corrected chi connectivity index (χ0v) is 14.0. The van der Waals surface area contributed by atoms with Crippen LogP contribution in [0, 0.1) is 0 Å². The van der Waals surface area contributed by atoms with E-state index >= 15 is 0 Å². The minimum Gasteiger partial charge on any atom is -0.497 e. The maximum Gasteiger partial charge on any atom is 0.268 e. The number of methoxy groups -OCH3 is 1. The Labute approximate surface area is 145 Å². The molecule has 0 spiro atoms. The average Bonchev–Trinajstić information content (AvgIpc) is 2.98. The van der Waals surface area contributed by atoms with Gasteiger partial charge >= 0.3 is 0 Å². The van der Waals surface area contributed by atoms with E-state index in [4.69, 9.17) is 16.3 Å². The van der Waals surface area contributed by atoms with Crippen LogP contribution in [-0.2, 0) is 17.9 Å². The molecule has 0 bridgehead atoms. The number of anilines is 1. The molecule has 122 valence electrons. The van der Waals surface area contributed by atoms with Gasteiger partial charge in [-0.1, -0.05) is 29.8 Å². The number of carbonyl (C=O) groups is 1. The van der Waals surface area contributed by atoms with Crippen molar-refractivity contribution in [2.24, 2.45) is 4.99 Å². The molecule has 5 nitrogen and oxygen atoms in total. The van der Waals surface area contributed by atoms with Gasteiger partial charge in [-0.3, -0.25) is 4.79 Å². The number of hydrogen-bond acceptors (Lipinski definition) is 4. The number of benzene rings is 2. The van der Waals surface area contributed by atoms with Crippen LogP contribution >= 0.6 is 11.6 Å². The van der Waals surface area contributed by atoms with E-state index in [0.717, 1.165) is 22.6 Å². The standard InChI is InChI=1S/C18H16ClN3O2/c1-24-15-6-2-12(3-7-15)9-21-10-13-4-5-14(19)8-16(13)22-11-17(23)20-18(21)22/h2-8H,9-11H2,1H3. The molecule has 6 heteroatoms. The van der Waals surface area contributed by atoms with Crippen molar-refractivity contribution in [1.82, 2.24) is 4.90 Å². The molecule has 0 aromatic heterocycles. The number of hydrogen-bond donors (Lipinski definition) is 0. The summed E-state index contributed by atoms with van der Waals surface area (Å²) < 4.78 is 5.20. The van der Waals surface area contributed by atoms with Crippen LogP contribution in [0.4, 0.5) is 5.69 Å². The Morgan fingerprint density at radius 3 is 2.71 bits per heavy atom. The number of guanidine groups is 1. The average molecular weight is 342 g/mol. The quantitative estimate of drug-likeness (QED) is 0.860. The lowest BCUT2D eigenvalue weighted by Gasteiger charge is -2.37. The van der Waals surface area contributed by atoms with Crippen molar-refractivity contribution in [3.63, 3.8) is 0 Å². The molecule has 2 aliphatic rings. The topological polar surface area (TPSA) is 45.1 Å². The Bertz CT molecular complexity index is 833. The van der Waals surface area contributed by atoms with E-state index in [9.17, 15) is 4.79 Å². The monoisotopic (exact) mass is 341 g/mol. The van der Waals surface area contributed by atoms with Gasteiger partial charge in [-0.15, -0.1) is 0 Å². The number of halogens is 1. The second kappa shape index (κ2) is 5.83. The van der Waals surface area contributed by atoms with Crippen molar-refractivity contribution in [3.8, 4) is 5.75 Å². The Hall–Kier alpha value is -2.53. The molecule has 2 aliphatic heterocycles. The second-order valence-corrected chi connectivity index (χ2v) is 6.31. The van der Waals surface area contributed by atoms with E-state index in [1.54, 1.807) is 7.11 Å². The van der Waals surface area contributed by atoms with Gasteiger partial charge in [-0.05, 0) is 35.4 Å². The third kappa shape index (κ3) is 2.61. The molecule has 2 heterocycles. The lowest BCUT2D eigenvalue weighted by molar-refractivity contribution is -0.115. The fourth-order valence-corrected chi connectivity index (χ4v) is 3.29. The first-order valence-corrected chi connectivity index (χ1v) is 8.07.